The van der Waals surface area contributed by atoms with Crippen LogP contribution in [0.15, 0.2) is 42.7 Å². The van der Waals surface area contributed by atoms with E-state index in [1.807, 2.05) is 36.1 Å². The standard InChI is InChI=1S/C31H48N2O4/c1-4-5-6-7-8-9-10-11-12-13-14-15-24-36-28-16-17-29(30(25-28)35-3)37-26-31(34)32-21-18-27-19-22-33(2)23-20-27/h16-17,19-20,22-23,25H,4-15,18,21,24,26H2,1-3H3/p+1. The van der Waals surface area contributed by atoms with Crippen molar-refractivity contribution >= 4 is 5.91 Å². The van der Waals surface area contributed by atoms with Gasteiger partial charge in [-0.2, -0.15) is 0 Å². The fraction of sp³-hybridized carbons (Fsp3) is 0.613. The van der Waals surface area contributed by atoms with Crippen molar-refractivity contribution in [3.05, 3.63) is 48.3 Å². The number of hydrogen-bond acceptors (Lipinski definition) is 4. The minimum atomic E-state index is -0.157. The Morgan fingerprint density at radius 2 is 1.43 bits per heavy atom. The van der Waals surface area contributed by atoms with E-state index in [0.717, 1.165) is 18.6 Å². The van der Waals surface area contributed by atoms with Gasteiger partial charge in [0.1, 0.15) is 12.8 Å². The number of aromatic nitrogens is 1. The number of methoxy groups -OCH3 is 1. The zero-order chi connectivity index (χ0) is 26.6. The monoisotopic (exact) mass is 513 g/mol. The number of benzene rings is 1. The van der Waals surface area contributed by atoms with Gasteiger partial charge in [0.05, 0.1) is 13.7 Å². The van der Waals surface area contributed by atoms with E-state index in [1.165, 1.54) is 76.2 Å². The first-order valence-electron chi connectivity index (χ1n) is 14.3. The van der Waals surface area contributed by atoms with Gasteiger partial charge in [0.2, 0.25) is 0 Å². The van der Waals surface area contributed by atoms with Gasteiger partial charge in [0.15, 0.2) is 30.5 Å². The molecule has 1 aromatic heterocycles. The van der Waals surface area contributed by atoms with E-state index in [-0.39, 0.29) is 12.5 Å². The Kier molecular flexibility index (Phi) is 15.9. The molecule has 0 radical (unpaired) electrons. The van der Waals surface area contributed by atoms with Crippen LogP contribution in [0.2, 0.25) is 0 Å². The first-order chi connectivity index (χ1) is 18.1. The molecule has 1 aromatic carbocycles. The highest BCUT2D eigenvalue weighted by molar-refractivity contribution is 5.77. The number of pyridine rings is 1. The van der Waals surface area contributed by atoms with Crippen LogP contribution in [-0.4, -0.2) is 32.8 Å². The first kappa shape index (κ1) is 30.5. The zero-order valence-corrected chi connectivity index (χ0v) is 23.4. The summed E-state index contributed by atoms with van der Waals surface area (Å²) in [6, 6.07) is 9.59. The highest BCUT2D eigenvalue weighted by Crippen LogP contribution is 2.31. The van der Waals surface area contributed by atoms with E-state index in [4.69, 9.17) is 14.2 Å². The van der Waals surface area contributed by atoms with Crippen molar-refractivity contribution in [1.82, 2.24) is 5.32 Å². The first-order valence-corrected chi connectivity index (χ1v) is 14.3. The quantitative estimate of drug-likeness (QED) is 0.156. The molecular formula is C31H49N2O4+. The van der Waals surface area contributed by atoms with E-state index in [9.17, 15) is 4.79 Å². The number of nitrogens with one attached hydrogen (secondary N) is 1. The van der Waals surface area contributed by atoms with Crippen molar-refractivity contribution in [2.45, 2.75) is 90.4 Å². The number of aryl methyl sites for hydroxylation is 1. The lowest BCUT2D eigenvalue weighted by atomic mass is 10.1. The smallest absolute Gasteiger partial charge is 0.257 e. The molecule has 2 aromatic rings. The second-order valence-electron chi connectivity index (χ2n) is 9.81. The average molecular weight is 514 g/mol. The number of unbranched alkanes of at least 4 members (excludes halogenated alkanes) is 11. The van der Waals surface area contributed by atoms with Gasteiger partial charge in [-0.15, -0.1) is 0 Å². The Labute approximate surface area is 224 Å². The van der Waals surface area contributed by atoms with Crippen molar-refractivity contribution in [2.24, 2.45) is 7.05 Å². The van der Waals surface area contributed by atoms with Crippen LogP contribution in [0.4, 0.5) is 0 Å². The maximum Gasteiger partial charge on any atom is 0.257 e. The fourth-order valence-electron chi connectivity index (χ4n) is 4.23. The third-order valence-corrected chi connectivity index (χ3v) is 6.54. The van der Waals surface area contributed by atoms with Crippen LogP contribution in [0.1, 0.15) is 89.5 Å². The van der Waals surface area contributed by atoms with Crippen molar-refractivity contribution in [3.8, 4) is 17.2 Å². The molecule has 37 heavy (non-hydrogen) atoms. The number of nitrogens with zero attached hydrogens (tertiary/aromatic N) is 1. The van der Waals surface area contributed by atoms with Crippen LogP contribution >= 0.6 is 0 Å². The average Bonchev–Trinajstić information content (AvgIpc) is 2.91. The summed E-state index contributed by atoms with van der Waals surface area (Å²) in [5, 5.41) is 2.90. The lowest BCUT2D eigenvalue weighted by molar-refractivity contribution is -0.671. The fourth-order valence-corrected chi connectivity index (χ4v) is 4.23. The van der Waals surface area contributed by atoms with Gasteiger partial charge in [-0.3, -0.25) is 4.79 Å². The minimum absolute atomic E-state index is 0.0564. The van der Waals surface area contributed by atoms with Gasteiger partial charge in [0.25, 0.3) is 5.91 Å². The van der Waals surface area contributed by atoms with Gasteiger partial charge in [0, 0.05) is 24.7 Å². The molecule has 0 saturated carbocycles. The van der Waals surface area contributed by atoms with Gasteiger partial charge in [-0.05, 0) is 30.5 Å². The zero-order valence-electron chi connectivity index (χ0n) is 23.4. The maximum atomic E-state index is 12.2. The number of amides is 1. The number of hydrogen-bond donors (Lipinski definition) is 1. The molecule has 6 nitrogen and oxygen atoms in total. The third kappa shape index (κ3) is 13.9. The summed E-state index contributed by atoms with van der Waals surface area (Å²) in [5.74, 6) is 1.70. The lowest BCUT2D eigenvalue weighted by Crippen LogP contribution is -2.31. The second-order valence-corrected chi connectivity index (χ2v) is 9.81. The Hall–Kier alpha value is -2.76. The number of carbonyl (C=O) groups is 1. The van der Waals surface area contributed by atoms with Crippen LogP contribution in [0.5, 0.6) is 17.2 Å². The molecule has 0 spiro atoms. The molecule has 0 bridgehead atoms. The van der Waals surface area contributed by atoms with Gasteiger partial charge in [-0.25, -0.2) is 4.57 Å². The molecule has 1 N–H and O–H groups in total. The third-order valence-electron chi connectivity index (χ3n) is 6.54. The van der Waals surface area contributed by atoms with E-state index in [1.54, 1.807) is 13.2 Å². The summed E-state index contributed by atoms with van der Waals surface area (Å²) in [7, 11) is 3.58. The SMILES string of the molecule is CCCCCCCCCCCCCCOc1ccc(OCC(=O)NCCc2cc[n+](C)cc2)c(OC)c1. The Morgan fingerprint density at radius 3 is 2.05 bits per heavy atom. The van der Waals surface area contributed by atoms with Crippen molar-refractivity contribution < 1.29 is 23.6 Å². The highest BCUT2D eigenvalue weighted by Gasteiger charge is 2.09. The van der Waals surface area contributed by atoms with Crippen LogP contribution < -0.4 is 24.1 Å². The van der Waals surface area contributed by atoms with Crippen LogP contribution in [0.3, 0.4) is 0 Å². The van der Waals surface area contributed by atoms with Crippen molar-refractivity contribution in [1.29, 1.82) is 0 Å². The molecule has 0 aliphatic rings. The summed E-state index contributed by atoms with van der Waals surface area (Å²) >= 11 is 0. The molecule has 0 unspecified atom stereocenters. The van der Waals surface area contributed by atoms with E-state index in [0.29, 0.717) is 24.7 Å². The number of rotatable bonds is 21. The molecule has 0 atom stereocenters. The number of ether oxygens (including phenoxy) is 3. The molecular weight excluding hydrogens is 464 g/mol. The molecule has 1 amide bonds. The van der Waals surface area contributed by atoms with Gasteiger partial charge < -0.3 is 19.5 Å². The molecule has 0 aliphatic carbocycles. The van der Waals surface area contributed by atoms with Gasteiger partial charge >= 0.3 is 0 Å². The second kappa shape index (κ2) is 19.4. The van der Waals surface area contributed by atoms with E-state index < -0.39 is 0 Å². The predicted octanol–water partition coefficient (Wildman–Crippen LogP) is 6.34. The normalized spacial score (nSPS) is 10.8. The summed E-state index contributed by atoms with van der Waals surface area (Å²) in [5.41, 5.74) is 1.18. The summed E-state index contributed by atoms with van der Waals surface area (Å²) in [6.45, 7) is 3.48. The van der Waals surface area contributed by atoms with E-state index >= 15 is 0 Å². The Bertz CT molecular complexity index is 870. The maximum absolute atomic E-state index is 12.2. The molecule has 206 valence electrons. The molecule has 0 saturated heterocycles. The highest BCUT2D eigenvalue weighted by atomic mass is 16.5. The molecule has 2 rings (SSSR count). The summed E-state index contributed by atoms with van der Waals surface area (Å²) in [6.07, 6.45) is 20.7. The Morgan fingerprint density at radius 1 is 0.811 bits per heavy atom. The van der Waals surface area contributed by atoms with E-state index in [2.05, 4.69) is 24.4 Å². The van der Waals surface area contributed by atoms with Crippen molar-refractivity contribution in [2.75, 3.05) is 26.9 Å². The lowest BCUT2D eigenvalue weighted by Gasteiger charge is -2.13. The van der Waals surface area contributed by atoms with Gasteiger partial charge in [-0.1, -0.05) is 77.6 Å². The molecule has 0 aliphatic heterocycles. The minimum Gasteiger partial charge on any atom is -0.493 e. The van der Waals surface area contributed by atoms with Crippen LogP contribution in [-0.2, 0) is 18.3 Å². The van der Waals surface area contributed by atoms with Crippen LogP contribution in [0, 0.1) is 0 Å². The molecule has 1 heterocycles. The molecule has 6 heteroatoms. The molecule has 0 fully saturated rings. The predicted molar refractivity (Wildman–Crippen MR) is 149 cm³/mol. The van der Waals surface area contributed by atoms with Crippen molar-refractivity contribution in [3.63, 3.8) is 0 Å². The summed E-state index contributed by atoms with van der Waals surface area (Å²) < 4.78 is 19.0. The van der Waals surface area contributed by atoms with Crippen LogP contribution in [0.25, 0.3) is 0 Å². The number of carbonyl (C=O) groups excluding carboxylic acids is 1. The summed E-state index contributed by atoms with van der Waals surface area (Å²) in [4.78, 5) is 12.2. The topological polar surface area (TPSA) is 60.7 Å². The Balaban J connectivity index is 1.55. The largest absolute Gasteiger partial charge is 0.493 e.